The smallest absolute Gasteiger partial charge is 0.228 e. The van der Waals surface area contributed by atoms with Gasteiger partial charge < -0.3 is 4.90 Å². The van der Waals surface area contributed by atoms with Crippen molar-refractivity contribution < 1.29 is 4.79 Å². The summed E-state index contributed by atoms with van der Waals surface area (Å²) < 4.78 is 0. The van der Waals surface area contributed by atoms with Crippen molar-refractivity contribution in [2.45, 2.75) is 32.6 Å². The molecule has 1 fully saturated rings. The van der Waals surface area contributed by atoms with E-state index in [1.165, 1.54) is 5.56 Å². The number of hydrogen-bond donors (Lipinski definition) is 1. The highest BCUT2D eigenvalue weighted by atomic mass is 16.2. The van der Waals surface area contributed by atoms with Gasteiger partial charge in [-0.15, -0.1) is 0 Å². The van der Waals surface area contributed by atoms with Crippen molar-refractivity contribution in [1.29, 1.82) is 0 Å². The van der Waals surface area contributed by atoms with Crippen LogP contribution in [-0.4, -0.2) is 39.1 Å². The van der Waals surface area contributed by atoms with Crippen LogP contribution in [0.25, 0.3) is 11.3 Å². The first-order valence-electron chi connectivity index (χ1n) is 7.93. The number of nitrogens with zero attached hydrogens (tertiary/aromatic N) is 3. The molecule has 1 N–H and O–H groups in total. The third-order valence-electron chi connectivity index (χ3n) is 4.95. The molecule has 5 heteroatoms. The molecule has 0 aromatic carbocycles. The van der Waals surface area contributed by atoms with Crippen LogP contribution in [0, 0.1) is 5.41 Å². The Hall–Kier alpha value is -2.17. The van der Waals surface area contributed by atoms with Crippen LogP contribution in [0.15, 0.2) is 24.5 Å². The maximum absolute atomic E-state index is 12.6. The minimum Gasteiger partial charge on any atom is -0.342 e. The van der Waals surface area contributed by atoms with E-state index >= 15 is 0 Å². The molecule has 0 radical (unpaired) electrons. The second-order valence-corrected chi connectivity index (χ2v) is 6.62. The molecule has 0 unspecified atom stereocenters. The Morgan fingerprint density at radius 1 is 1.32 bits per heavy atom. The summed E-state index contributed by atoms with van der Waals surface area (Å²) in [5.74, 6) is 0.327. The van der Waals surface area contributed by atoms with Crippen molar-refractivity contribution >= 4 is 5.91 Å². The Kier molecular flexibility index (Phi) is 3.03. The molecule has 22 heavy (non-hydrogen) atoms. The van der Waals surface area contributed by atoms with E-state index in [4.69, 9.17) is 0 Å². The predicted molar refractivity (Wildman–Crippen MR) is 83.1 cm³/mol. The van der Waals surface area contributed by atoms with Crippen molar-refractivity contribution in [3.8, 4) is 11.3 Å². The molecule has 0 atom stereocenters. The minimum absolute atomic E-state index is 0.0809. The summed E-state index contributed by atoms with van der Waals surface area (Å²) in [6, 6.07) is 3.96. The molecule has 0 saturated heterocycles. The van der Waals surface area contributed by atoms with Gasteiger partial charge in [-0.2, -0.15) is 5.10 Å². The van der Waals surface area contributed by atoms with E-state index in [2.05, 4.69) is 22.1 Å². The fourth-order valence-corrected chi connectivity index (χ4v) is 3.21. The summed E-state index contributed by atoms with van der Waals surface area (Å²) in [6.07, 6.45) is 7.40. The molecule has 3 heterocycles. The van der Waals surface area contributed by atoms with Gasteiger partial charge in [-0.3, -0.25) is 14.9 Å². The third-order valence-corrected chi connectivity index (χ3v) is 4.95. The van der Waals surface area contributed by atoms with E-state index in [1.807, 2.05) is 23.2 Å². The first-order chi connectivity index (χ1) is 10.7. The molecule has 2 aliphatic rings. The highest BCUT2D eigenvalue weighted by molar-refractivity contribution is 5.85. The van der Waals surface area contributed by atoms with E-state index in [1.54, 1.807) is 6.20 Å². The van der Waals surface area contributed by atoms with Gasteiger partial charge in [0.2, 0.25) is 5.91 Å². The summed E-state index contributed by atoms with van der Waals surface area (Å²) in [5.41, 5.74) is 4.34. The predicted octanol–water partition coefficient (Wildman–Crippen LogP) is 2.20. The van der Waals surface area contributed by atoms with Gasteiger partial charge in [-0.1, -0.05) is 6.92 Å². The molecule has 4 rings (SSSR count). The van der Waals surface area contributed by atoms with Crippen LogP contribution >= 0.6 is 0 Å². The van der Waals surface area contributed by atoms with Crippen LogP contribution in [-0.2, 0) is 17.6 Å². The summed E-state index contributed by atoms with van der Waals surface area (Å²) in [7, 11) is 0. The highest BCUT2D eigenvalue weighted by Crippen LogP contribution is 2.46. The lowest BCUT2D eigenvalue weighted by molar-refractivity contribution is -0.136. The standard InChI is InChI=1S/C17H20N4O/c1-17(6-7-17)16(22)21-9-4-13-14(5-10-21)19-20-15(13)12-3-2-8-18-11-12/h2-3,8,11H,4-7,9-10H2,1H3,(H,19,20). The number of aromatic nitrogens is 3. The number of carbonyl (C=O) groups is 1. The number of nitrogens with one attached hydrogen (secondary N) is 1. The van der Waals surface area contributed by atoms with Crippen LogP contribution in [0.1, 0.15) is 31.0 Å². The first kappa shape index (κ1) is 13.5. The first-order valence-corrected chi connectivity index (χ1v) is 7.93. The maximum atomic E-state index is 12.6. The van der Waals surface area contributed by atoms with Gasteiger partial charge in [-0.25, -0.2) is 0 Å². The van der Waals surface area contributed by atoms with Gasteiger partial charge in [-0.05, 0) is 31.4 Å². The van der Waals surface area contributed by atoms with E-state index in [-0.39, 0.29) is 5.41 Å². The Morgan fingerprint density at radius 2 is 2.14 bits per heavy atom. The number of rotatable bonds is 2. The molecular formula is C17H20N4O. The summed E-state index contributed by atoms with van der Waals surface area (Å²) in [6.45, 7) is 3.66. The van der Waals surface area contributed by atoms with Crippen LogP contribution in [0.5, 0.6) is 0 Å². The van der Waals surface area contributed by atoms with Gasteiger partial charge >= 0.3 is 0 Å². The van der Waals surface area contributed by atoms with Gasteiger partial charge in [0.25, 0.3) is 0 Å². The lowest BCUT2D eigenvalue weighted by atomic mass is 10.0. The molecule has 2 aromatic heterocycles. The molecule has 1 saturated carbocycles. The number of H-pyrrole nitrogens is 1. The topological polar surface area (TPSA) is 61.9 Å². The lowest BCUT2D eigenvalue weighted by Gasteiger charge is -2.23. The molecule has 2 aromatic rings. The van der Waals surface area contributed by atoms with Crippen molar-refractivity contribution in [1.82, 2.24) is 20.1 Å². The number of amides is 1. The monoisotopic (exact) mass is 296 g/mol. The van der Waals surface area contributed by atoms with Crippen molar-refractivity contribution in [2.24, 2.45) is 5.41 Å². The molecule has 5 nitrogen and oxygen atoms in total. The number of pyridine rings is 1. The fraction of sp³-hybridized carbons (Fsp3) is 0.471. The second kappa shape index (κ2) is 4.93. The van der Waals surface area contributed by atoms with E-state index in [0.717, 1.165) is 55.7 Å². The molecule has 0 spiro atoms. The zero-order valence-electron chi connectivity index (χ0n) is 12.8. The van der Waals surface area contributed by atoms with E-state index in [9.17, 15) is 4.79 Å². The summed E-state index contributed by atoms with van der Waals surface area (Å²) >= 11 is 0. The molecule has 114 valence electrons. The fourth-order valence-electron chi connectivity index (χ4n) is 3.21. The van der Waals surface area contributed by atoms with E-state index in [0.29, 0.717) is 5.91 Å². The summed E-state index contributed by atoms with van der Waals surface area (Å²) in [4.78, 5) is 18.8. The quantitative estimate of drug-likeness (QED) is 0.924. The van der Waals surface area contributed by atoms with Gasteiger partial charge in [0.15, 0.2) is 0 Å². The Bertz CT molecular complexity index is 703. The normalized spacial score (nSPS) is 19.4. The SMILES string of the molecule is CC1(C(=O)N2CCc3[nH]nc(-c4cccnc4)c3CC2)CC1. The second-order valence-electron chi connectivity index (χ2n) is 6.62. The van der Waals surface area contributed by atoms with Gasteiger partial charge in [0.05, 0.1) is 5.69 Å². The van der Waals surface area contributed by atoms with Crippen LogP contribution in [0.3, 0.4) is 0 Å². The van der Waals surface area contributed by atoms with Crippen molar-refractivity contribution in [3.05, 3.63) is 35.8 Å². The molecular weight excluding hydrogens is 276 g/mol. The Morgan fingerprint density at radius 3 is 2.86 bits per heavy atom. The van der Waals surface area contributed by atoms with Crippen molar-refractivity contribution in [2.75, 3.05) is 13.1 Å². The molecule has 1 aliphatic heterocycles. The zero-order valence-corrected chi connectivity index (χ0v) is 12.8. The van der Waals surface area contributed by atoms with Crippen LogP contribution in [0.2, 0.25) is 0 Å². The van der Waals surface area contributed by atoms with Gasteiger partial charge in [0, 0.05) is 54.1 Å². The number of aromatic amines is 1. The van der Waals surface area contributed by atoms with E-state index < -0.39 is 0 Å². The van der Waals surface area contributed by atoms with Crippen LogP contribution in [0.4, 0.5) is 0 Å². The van der Waals surface area contributed by atoms with Gasteiger partial charge in [0.1, 0.15) is 0 Å². The largest absolute Gasteiger partial charge is 0.342 e. The third kappa shape index (κ3) is 2.21. The minimum atomic E-state index is -0.0809. The molecule has 1 amide bonds. The number of carbonyl (C=O) groups excluding carboxylic acids is 1. The highest BCUT2D eigenvalue weighted by Gasteiger charge is 2.47. The maximum Gasteiger partial charge on any atom is 0.228 e. The Balaban J connectivity index is 1.58. The Labute approximate surface area is 129 Å². The molecule has 1 aliphatic carbocycles. The van der Waals surface area contributed by atoms with Crippen LogP contribution < -0.4 is 0 Å². The average Bonchev–Trinajstić information content (AvgIpc) is 3.23. The molecule has 0 bridgehead atoms. The number of fused-ring (bicyclic) bond motifs is 1. The average molecular weight is 296 g/mol. The van der Waals surface area contributed by atoms with Crippen molar-refractivity contribution in [3.63, 3.8) is 0 Å². The lowest BCUT2D eigenvalue weighted by Crippen LogP contribution is -2.38. The zero-order chi connectivity index (χ0) is 15.2. The number of hydrogen-bond acceptors (Lipinski definition) is 3. The summed E-state index contributed by atoms with van der Waals surface area (Å²) in [5, 5.41) is 7.64.